The van der Waals surface area contributed by atoms with Gasteiger partial charge in [0.1, 0.15) is 5.75 Å². The molecule has 0 aliphatic heterocycles. The van der Waals surface area contributed by atoms with Gasteiger partial charge in [0, 0.05) is 11.8 Å². The summed E-state index contributed by atoms with van der Waals surface area (Å²) in [6.07, 6.45) is 1.60. The largest absolute Gasteiger partial charge is 0.508 e. The van der Waals surface area contributed by atoms with Crippen LogP contribution in [-0.2, 0) is 0 Å². The third-order valence-corrected chi connectivity index (χ3v) is 2.45. The molecule has 6 heteroatoms. The van der Waals surface area contributed by atoms with E-state index in [1.165, 1.54) is 0 Å². The minimum atomic E-state index is -1.53. The first-order valence-corrected chi connectivity index (χ1v) is 5.17. The van der Waals surface area contributed by atoms with Crippen LogP contribution in [0.25, 0.3) is 11.1 Å². The van der Waals surface area contributed by atoms with Gasteiger partial charge in [0.25, 0.3) is 0 Å². The van der Waals surface area contributed by atoms with Gasteiger partial charge in [0.2, 0.25) is 0 Å². The number of nitrogens with zero attached hydrogens (tertiary/aromatic N) is 1. The van der Waals surface area contributed by atoms with Gasteiger partial charge in [-0.1, -0.05) is 18.2 Å². The average molecular weight is 266 g/mol. The molecule has 94 valence electrons. The Kier molecular flexibility index (Phi) is 5.16. The summed E-state index contributed by atoms with van der Waals surface area (Å²) in [5, 5.41) is 17.9. The quantitative estimate of drug-likeness (QED) is 0.808. The van der Waals surface area contributed by atoms with Crippen molar-refractivity contribution >= 4 is 25.1 Å². The fourth-order valence-electron chi connectivity index (χ4n) is 1.53. The second-order valence-electron chi connectivity index (χ2n) is 3.58. The zero-order valence-electron chi connectivity index (χ0n) is 9.78. The van der Waals surface area contributed by atoms with E-state index in [9.17, 15) is 0 Å². The average Bonchev–Trinajstić information content (AvgIpc) is 2.39. The molecular weight excluding hydrogens is 252 g/mol. The summed E-state index contributed by atoms with van der Waals surface area (Å²) < 4.78 is 5.14. The van der Waals surface area contributed by atoms with Crippen molar-refractivity contribution in [2.75, 3.05) is 7.11 Å². The Morgan fingerprint density at radius 2 is 1.89 bits per heavy atom. The predicted molar refractivity (Wildman–Crippen MR) is 73.3 cm³/mol. The number of ether oxygens (including phenoxy) is 1. The van der Waals surface area contributed by atoms with Gasteiger partial charge in [0.15, 0.2) is 0 Å². The molecule has 2 N–H and O–H groups in total. The molecule has 0 aliphatic carbocycles. The first-order chi connectivity index (χ1) is 8.20. The lowest BCUT2D eigenvalue weighted by atomic mass is 9.85. The fraction of sp³-hybridized carbons (Fsp3) is 0.0833. The lowest BCUT2D eigenvalue weighted by Gasteiger charge is -2.05. The van der Waals surface area contributed by atoms with Crippen LogP contribution in [0.1, 0.15) is 0 Å². The molecule has 2 rings (SSSR count). The highest BCUT2D eigenvalue weighted by Crippen LogP contribution is 2.22. The topological polar surface area (TPSA) is 62.6 Å². The van der Waals surface area contributed by atoms with E-state index >= 15 is 0 Å². The van der Waals surface area contributed by atoms with Gasteiger partial charge in [-0.05, 0) is 23.8 Å². The van der Waals surface area contributed by atoms with Crippen molar-refractivity contribution in [3.63, 3.8) is 0 Å². The Hall–Kier alpha value is -1.56. The molecule has 0 amide bonds. The van der Waals surface area contributed by atoms with Crippen LogP contribution in [0.5, 0.6) is 5.75 Å². The molecule has 18 heavy (non-hydrogen) atoms. The van der Waals surface area contributed by atoms with E-state index in [2.05, 4.69) is 4.98 Å². The summed E-state index contributed by atoms with van der Waals surface area (Å²) in [5.74, 6) is 0.772. The molecular formula is C12H13BClNO3. The van der Waals surface area contributed by atoms with Crippen molar-refractivity contribution in [2.24, 2.45) is 0 Å². The summed E-state index contributed by atoms with van der Waals surface area (Å²) in [5.41, 5.74) is 2.10. The van der Waals surface area contributed by atoms with E-state index in [0.717, 1.165) is 16.9 Å². The van der Waals surface area contributed by atoms with Crippen LogP contribution >= 0.6 is 12.4 Å². The Bertz CT molecular complexity index is 505. The molecule has 0 aliphatic rings. The SMILES string of the molecule is COc1cccc(-c2ccc(B(O)O)nc2)c1.Cl. The third-order valence-electron chi connectivity index (χ3n) is 2.45. The summed E-state index contributed by atoms with van der Waals surface area (Å²) in [6.45, 7) is 0. The van der Waals surface area contributed by atoms with Gasteiger partial charge < -0.3 is 14.8 Å². The van der Waals surface area contributed by atoms with E-state index < -0.39 is 7.12 Å². The van der Waals surface area contributed by atoms with Crippen molar-refractivity contribution in [1.29, 1.82) is 0 Å². The first kappa shape index (κ1) is 14.5. The van der Waals surface area contributed by atoms with Crippen molar-refractivity contribution < 1.29 is 14.8 Å². The van der Waals surface area contributed by atoms with Crippen LogP contribution in [0.3, 0.4) is 0 Å². The Morgan fingerprint density at radius 1 is 1.11 bits per heavy atom. The van der Waals surface area contributed by atoms with Crippen LogP contribution in [-0.4, -0.2) is 29.3 Å². The van der Waals surface area contributed by atoms with Gasteiger partial charge in [0.05, 0.1) is 12.7 Å². The number of aromatic nitrogens is 1. The number of rotatable bonds is 3. The van der Waals surface area contributed by atoms with E-state index in [1.807, 2.05) is 24.3 Å². The second-order valence-corrected chi connectivity index (χ2v) is 3.58. The van der Waals surface area contributed by atoms with Gasteiger partial charge in [-0.15, -0.1) is 12.4 Å². The van der Waals surface area contributed by atoms with E-state index in [0.29, 0.717) is 0 Å². The highest BCUT2D eigenvalue weighted by atomic mass is 35.5. The number of pyridine rings is 1. The molecule has 0 spiro atoms. The van der Waals surface area contributed by atoms with Gasteiger partial charge >= 0.3 is 7.12 Å². The monoisotopic (exact) mass is 265 g/mol. The summed E-state index contributed by atoms with van der Waals surface area (Å²) in [7, 11) is 0.0807. The van der Waals surface area contributed by atoms with Crippen molar-refractivity contribution in [1.82, 2.24) is 4.98 Å². The highest BCUT2D eigenvalue weighted by molar-refractivity contribution is 6.57. The molecule has 0 radical (unpaired) electrons. The summed E-state index contributed by atoms with van der Waals surface area (Å²) in [4.78, 5) is 3.97. The lowest BCUT2D eigenvalue weighted by molar-refractivity contribution is 0.415. The predicted octanol–water partition coefficient (Wildman–Crippen LogP) is 0.859. The minimum Gasteiger partial charge on any atom is -0.497 e. The van der Waals surface area contributed by atoms with Crippen LogP contribution in [0.2, 0.25) is 0 Å². The molecule has 0 saturated carbocycles. The molecule has 1 aromatic heterocycles. The van der Waals surface area contributed by atoms with Crippen LogP contribution in [0, 0.1) is 0 Å². The molecule has 2 aromatic rings. The number of benzene rings is 1. The fourth-order valence-corrected chi connectivity index (χ4v) is 1.53. The van der Waals surface area contributed by atoms with Gasteiger partial charge in [-0.3, -0.25) is 4.98 Å². The van der Waals surface area contributed by atoms with Crippen LogP contribution in [0.4, 0.5) is 0 Å². The van der Waals surface area contributed by atoms with E-state index in [1.54, 1.807) is 25.4 Å². The van der Waals surface area contributed by atoms with E-state index in [4.69, 9.17) is 14.8 Å². The van der Waals surface area contributed by atoms with Crippen LogP contribution < -0.4 is 10.3 Å². The minimum absolute atomic E-state index is 0. The molecule has 0 bridgehead atoms. The number of hydrogen-bond donors (Lipinski definition) is 2. The Morgan fingerprint density at radius 3 is 2.44 bits per heavy atom. The zero-order valence-corrected chi connectivity index (χ0v) is 10.6. The molecule has 0 fully saturated rings. The Labute approximate surface area is 112 Å². The van der Waals surface area contributed by atoms with Gasteiger partial charge in [-0.25, -0.2) is 0 Å². The maximum absolute atomic E-state index is 8.94. The summed E-state index contributed by atoms with van der Waals surface area (Å²) in [6, 6.07) is 11.0. The molecule has 0 saturated heterocycles. The Balaban J connectivity index is 0.00000162. The smallest absolute Gasteiger partial charge is 0.497 e. The third kappa shape index (κ3) is 3.23. The highest BCUT2D eigenvalue weighted by Gasteiger charge is 2.12. The maximum Gasteiger partial charge on any atom is 0.508 e. The molecule has 0 atom stereocenters. The number of methoxy groups -OCH3 is 1. The van der Waals surface area contributed by atoms with Crippen molar-refractivity contribution in [3.05, 3.63) is 42.6 Å². The number of hydrogen-bond acceptors (Lipinski definition) is 4. The van der Waals surface area contributed by atoms with Crippen molar-refractivity contribution in [3.8, 4) is 16.9 Å². The molecule has 1 heterocycles. The first-order valence-electron chi connectivity index (χ1n) is 5.17. The molecule has 4 nitrogen and oxygen atoms in total. The molecule has 0 unspecified atom stereocenters. The van der Waals surface area contributed by atoms with E-state index in [-0.39, 0.29) is 18.0 Å². The lowest BCUT2D eigenvalue weighted by Crippen LogP contribution is -2.32. The van der Waals surface area contributed by atoms with Crippen molar-refractivity contribution in [2.45, 2.75) is 0 Å². The maximum atomic E-state index is 8.94. The standard InChI is InChI=1S/C12H12BNO3.ClH/c1-17-11-4-2-3-9(7-11)10-5-6-12(13(15)16)14-8-10;/h2-8,15-16H,1H3;1H. The molecule has 1 aromatic carbocycles. The summed E-state index contributed by atoms with van der Waals surface area (Å²) >= 11 is 0. The number of halogens is 1. The van der Waals surface area contributed by atoms with Crippen LogP contribution in [0.15, 0.2) is 42.6 Å². The normalized spacial score (nSPS) is 9.50. The van der Waals surface area contributed by atoms with Gasteiger partial charge in [-0.2, -0.15) is 0 Å². The second kappa shape index (κ2) is 6.40. The zero-order chi connectivity index (χ0) is 12.3.